The molecule has 0 spiro atoms. The number of amides is 3. The largest absolute Gasteiger partial charge is 0.282 e. The topological polar surface area (TPSA) is 101 Å². The summed E-state index contributed by atoms with van der Waals surface area (Å²) in [5, 5.41) is 13.9. The Balaban J connectivity index is 1.77. The summed E-state index contributed by atoms with van der Waals surface area (Å²) in [6.07, 6.45) is 4.17. The molecule has 1 saturated heterocycles. The van der Waals surface area contributed by atoms with Crippen molar-refractivity contribution in [2.24, 2.45) is 17.8 Å². The van der Waals surface area contributed by atoms with Gasteiger partial charge in [-0.05, 0) is 36.1 Å². The first kappa shape index (κ1) is 21.7. The molecule has 1 aliphatic carbocycles. The molecule has 3 atom stereocenters. The van der Waals surface area contributed by atoms with Crippen LogP contribution in [0.1, 0.15) is 29.3 Å². The Bertz CT molecular complexity index is 1130. The molecule has 0 N–H and O–H groups in total. The highest BCUT2D eigenvalue weighted by molar-refractivity contribution is 6.30. The Morgan fingerprint density at radius 2 is 1.84 bits per heavy atom. The van der Waals surface area contributed by atoms with Gasteiger partial charge in [0, 0.05) is 11.1 Å². The number of imide groups is 1. The maximum Gasteiger partial charge on any atom is 0.282 e. The van der Waals surface area contributed by atoms with Crippen LogP contribution in [0.2, 0.25) is 5.02 Å². The number of rotatable bonds is 5. The molecule has 9 heteroatoms. The van der Waals surface area contributed by atoms with Gasteiger partial charge in [0.15, 0.2) is 0 Å². The highest BCUT2D eigenvalue weighted by atomic mass is 35.5. The Kier molecular flexibility index (Phi) is 5.80. The number of fused-ring (bicyclic) bond motifs is 1. The molecule has 0 aromatic heterocycles. The number of nitrogens with zero attached hydrogens (tertiary/aromatic N) is 3. The number of hydrogen-bond acceptors (Lipinski definition) is 5. The highest BCUT2D eigenvalue weighted by Crippen LogP contribution is 2.40. The lowest BCUT2D eigenvalue weighted by Crippen LogP contribution is -2.50. The van der Waals surface area contributed by atoms with E-state index in [0.717, 1.165) is 10.0 Å². The van der Waals surface area contributed by atoms with Gasteiger partial charge in [-0.15, -0.1) is 0 Å². The van der Waals surface area contributed by atoms with Gasteiger partial charge in [0.25, 0.3) is 23.4 Å². The molecule has 4 rings (SSSR count). The van der Waals surface area contributed by atoms with Crippen LogP contribution in [0.4, 0.5) is 5.69 Å². The van der Waals surface area contributed by atoms with Crippen molar-refractivity contribution >= 4 is 35.0 Å². The minimum atomic E-state index is -0.798. The number of hydrazine groups is 1. The van der Waals surface area contributed by atoms with E-state index < -0.39 is 40.2 Å². The zero-order valence-corrected chi connectivity index (χ0v) is 17.9. The van der Waals surface area contributed by atoms with E-state index in [-0.39, 0.29) is 18.0 Å². The second-order valence-corrected chi connectivity index (χ2v) is 8.34. The van der Waals surface area contributed by atoms with Gasteiger partial charge < -0.3 is 0 Å². The van der Waals surface area contributed by atoms with Gasteiger partial charge in [-0.3, -0.25) is 24.5 Å². The van der Waals surface area contributed by atoms with Crippen molar-refractivity contribution < 1.29 is 19.3 Å². The quantitative estimate of drug-likeness (QED) is 0.295. The van der Waals surface area contributed by atoms with Gasteiger partial charge >= 0.3 is 0 Å². The zero-order chi connectivity index (χ0) is 23.0. The molecule has 0 saturated carbocycles. The number of carbonyl (C=O) groups excluding carboxylic acids is 3. The van der Waals surface area contributed by atoms with Crippen molar-refractivity contribution in [2.75, 3.05) is 0 Å². The number of benzene rings is 2. The van der Waals surface area contributed by atoms with E-state index in [1.165, 1.54) is 24.3 Å². The summed E-state index contributed by atoms with van der Waals surface area (Å²) < 4.78 is 0. The minimum absolute atomic E-state index is 0.124. The minimum Gasteiger partial charge on any atom is -0.272 e. The van der Waals surface area contributed by atoms with Crippen molar-refractivity contribution in [3.63, 3.8) is 0 Å². The summed E-state index contributed by atoms with van der Waals surface area (Å²) in [5.41, 5.74) is 0.0150. The van der Waals surface area contributed by atoms with Gasteiger partial charge in [-0.25, -0.2) is 5.01 Å². The van der Waals surface area contributed by atoms with Gasteiger partial charge in [-0.1, -0.05) is 54.9 Å². The van der Waals surface area contributed by atoms with Crippen molar-refractivity contribution in [1.82, 2.24) is 10.0 Å². The highest BCUT2D eigenvalue weighted by Gasteiger charge is 2.53. The lowest BCUT2D eigenvalue weighted by atomic mass is 9.78. The normalized spacial score (nSPS) is 22.1. The third-order valence-electron chi connectivity index (χ3n) is 5.90. The van der Waals surface area contributed by atoms with Crippen LogP contribution >= 0.6 is 11.6 Å². The number of para-hydroxylation sites is 1. The summed E-state index contributed by atoms with van der Waals surface area (Å²) in [7, 11) is 0. The van der Waals surface area contributed by atoms with Crippen LogP contribution < -0.4 is 0 Å². The summed E-state index contributed by atoms with van der Waals surface area (Å²) in [5.74, 6) is -3.04. The molecule has 164 valence electrons. The van der Waals surface area contributed by atoms with Crippen LogP contribution in [-0.4, -0.2) is 32.7 Å². The molecule has 2 aromatic rings. The molecule has 2 aromatic carbocycles. The average molecular weight is 454 g/mol. The molecule has 3 amide bonds. The van der Waals surface area contributed by atoms with E-state index in [9.17, 15) is 24.5 Å². The molecule has 8 nitrogen and oxygen atoms in total. The Morgan fingerprint density at radius 3 is 2.50 bits per heavy atom. The van der Waals surface area contributed by atoms with Gasteiger partial charge in [0.1, 0.15) is 5.56 Å². The van der Waals surface area contributed by atoms with Crippen molar-refractivity contribution in [3.05, 3.63) is 86.9 Å². The second kappa shape index (κ2) is 8.55. The molecule has 2 aliphatic rings. The van der Waals surface area contributed by atoms with Crippen molar-refractivity contribution in [1.29, 1.82) is 0 Å². The van der Waals surface area contributed by atoms with Crippen LogP contribution in [0.3, 0.4) is 0 Å². The lowest BCUT2D eigenvalue weighted by molar-refractivity contribution is -0.385. The van der Waals surface area contributed by atoms with Gasteiger partial charge in [-0.2, -0.15) is 5.01 Å². The van der Waals surface area contributed by atoms with Crippen molar-refractivity contribution in [2.45, 2.75) is 19.9 Å². The Morgan fingerprint density at radius 1 is 1.16 bits per heavy atom. The molecular weight excluding hydrogens is 434 g/mol. The first-order chi connectivity index (χ1) is 15.3. The van der Waals surface area contributed by atoms with Crippen LogP contribution in [-0.2, 0) is 16.1 Å². The molecule has 0 bridgehead atoms. The number of halogens is 1. The molecule has 1 aliphatic heterocycles. The van der Waals surface area contributed by atoms with Crippen LogP contribution in [0.5, 0.6) is 0 Å². The molecule has 1 fully saturated rings. The fourth-order valence-corrected chi connectivity index (χ4v) is 4.44. The van der Waals surface area contributed by atoms with E-state index in [0.29, 0.717) is 17.0 Å². The number of allylic oxidation sites excluding steroid dienone is 2. The lowest BCUT2D eigenvalue weighted by Gasteiger charge is -2.30. The van der Waals surface area contributed by atoms with E-state index in [1.54, 1.807) is 24.3 Å². The first-order valence-corrected chi connectivity index (χ1v) is 10.5. The summed E-state index contributed by atoms with van der Waals surface area (Å²) in [6.45, 7) is 1.73. The third-order valence-corrected chi connectivity index (χ3v) is 6.15. The zero-order valence-electron chi connectivity index (χ0n) is 17.2. The van der Waals surface area contributed by atoms with Crippen LogP contribution in [0, 0.1) is 27.9 Å². The molecule has 1 heterocycles. The standard InChI is InChI=1S/C23H20ClN3O5/c1-14-5-4-7-18-20(14)23(30)26(22(18)29)25(13-15-9-11-16(24)12-10-15)21(28)17-6-2-3-8-19(17)27(31)32/h2-6,8-12,14,18,20H,7,13H2,1H3/t14-,18+,20-/m1/s1. The Labute approximate surface area is 189 Å². The summed E-state index contributed by atoms with van der Waals surface area (Å²) >= 11 is 5.95. The van der Waals surface area contributed by atoms with E-state index in [1.807, 2.05) is 19.1 Å². The SMILES string of the molecule is C[C@@H]1C=CC[C@@H]2C(=O)N(N(Cc3ccc(Cl)cc3)C(=O)c3ccccc3[N+](=O)[O-])C(=O)[C@H]12. The maximum atomic E-state index is 13.5. The summed E-state index contributed by atoms with van der Waals surface area (Å²) in [4.78, 5) is 51.0. The second-order valence-electron chi connectivity index (χ2n) is 7.91. The third kappa shape index (κ3) is 3.78. The molecular formula is C23H20ClN3O5. The van der Waals surface area contributed by atoms with Crippen LogP contribution in [0.15, 0.2) is 60.7 Å². The van der Waals surface area contributed by atoms with Crippen molar-refractivity contribution in [3.8, 4) is 0 Å². The van der Waals surface area contributed by atoms with E-state index >= 15 is 0 Å². The molecule has 0 unspecified atom stereocenters. The Hall–Kier alpha value is -3.52. The number of nitro groups is 1. The predicted molar refractivity (Wildman–Crippen MR) is 116 cm³/mol. The number of carbonyl (C=O) groups is 3. The van der Waals surface area contributed by atoms with Gasteiger partial charge in [0.05, 0.1) is 23.3 Å². The predicted octanol–water partition coefficient (Wildman–Crippen LogP) is 4.00. The van der Waals surface area contributed by atoms with Crippen LogP contribution in [0.25, 0.3) is 0 Å². The number of hydrogen-bond donors (Lipinski definition) is 0. The monoisotopic (exact) mass is 453 g/mol. The fraction of sp³-hybridized carbons (Fsp3) is 0.261. The van der Waals surface area contributed by atoms with Gasteiger partial charge in [0.2, 0.25) is 0 Å². The summed E-state index contributed by atoms with van der Waals surface area (Å²) in [6, 6.07) is 12.1. The van der Waals surface area contributed by atoms with E-state index in [2.05, 4.69) is 0 Å². The average Bonchev–Trinajstić information content (AvgIpc) is 3.04. The maximum absolute atomic E-state index is 13.5. The first-order valence-electron chi connectivity index (χ1n) is 10.1. The smallest absolute Gasteiger partial charge is 0.272 e. The molecule has 0 radical (unpaired) electrons. The molecule has 32 heavy (non-hydrogen) atoms. The van der Waals surface area contributed by atoms with E-state index in [4.69, 9.17) is 11.6 Å². The fourth-order valence-electron chi connectivity index (χ4n) is 4.32. The number of nitro benzene ring substituents is 1.